The van der Waals surface area contributed by atoms with Gasteiger partial charge in [0.15, 0.2) is 16.6 Å². The summed E-state index contributed by atoms with van der Waals surface area (Å²) < 4.78 is 12.6. The number of carbonyl (C=O) groups is 1. The molecule has 1 aromatic heterocycles. The highest BCUT2D eigenvalue weighted by Gasteiger charge is 2.17. The highest BCUT2D eigenvalue weighted by molar-refractivity contribution is 9.10. The number of fused-ring (bicyclic) bond motifs is 1. The van der Waals surface area contributed by atoms with Crippen molar-refractivity contribution in [1.82, 2.24) is 4.98 Å². The number of ether oxygens (including phenoxy) is 2. The third-order valence-corrected chi connectivity index (χ3v) is 5.14. The van der Waals surface area contributed by atoms with Crippen molar-refractivity contribution in [2.75, 3.05) is 19.0 Å². The molecule has 3 aromatic rings. The van der Waals surface area contributed by atoms with Gasteiger partial charge in [0.1, 0.15) is 0 Å². The number of aromatic nitrogens is 1. The Morgan fingerprint density at radius 2 is 2.16 bits per heavy atom. The van der Waals surface area contributed by atoms with Gasteiger partial charge in [-0.15, -0.1) is 0 Å². The molecule has 0 saturated heterocycles. The SMILES string of the molecule is CCOc1cc(C(=O)Nc2nc3c(C)cccc3s2)cc(Br)c1OC. The Bertz CT molecular complexity index is 939. The van der Waals surface area contributed by atoms with Gasteiger partial charge in [0.05, 0.1) is 28.4 Å². The maximum Gasteiger partial charge on any atom is 0.257 e. The average Bonchev–Trinajstić information content (AvgIpc) is 2.99. The van der Waals surface area contributed by atoms with Gasteiger partial charge in [-0.05, 0) is 53.5 Å². The number of nitrogens with one attached hydrogen (secondary N) is 1. The van der Waals surface area contributed by atoms with Crippen molar-refractivity contribution < 1.29 is 14.3 Å². The lowest BCUT2D eigenvalue weighted by atomic mass is 10.2. The fourth-order valence-corrected chi connectivity index (χ4v) is 4.01. The summed E-state index contributed by atoms with van der Waals surface area (Å²) in [5, 5.41) is 3.43. The van der Waals surface area contributed by atoms with E-state index in [9.17, 15) is 4.79 Å². The van der Waals surface area contributed by atoms with Crippen molar-refractivity contribution in [3.63, 3.8) is 0 Å². The summed E-state index contributed by atoms with van der Waals surface area (Å²) >= 11 is 4.87. The Balaban J connectivity index is 1.90. The van der Waals surface area contributed by atoms with Crippen molar-refractivity contribution in [2.24, 2.45) is 0 Å². The van der Waals surface area contributed by atoms with E-state index in [0.29, 0.717) is 33.3 Å². The third-order valence-electron chi connectivity index (χ3n) is 3.62. The summed E-state index contributed by atoms with van der Waals surface area (Å²) in [6.45, 7) is 4.36. The Kier molecular flexibility index (Phi) is 5.24. The van der Waals surface area contributed by atoms with Gasteiger partial charge >= 0.3 is 0 Å². The van der Waals surface area contributed by atoms with Gasteiger partial charge in [-0.3, -0.25) is 10.1 Å². The van der Waals surface area contributed by atoms with Crippen LogP contribution in [0.3, 0.4) is 0 Å². The molecule has 0 atom stereocenters. The highest BCUT2D eigenvalue weighted by atomic mass is 79.9. The number of rotatable bonds is 5. The second-order valence-electron chi connectivity index (χ2n) is 5.32. The van der Waals surface area contributed by atoms with Gasteiger partial charge in [0.25, 0.3) is 5.91 Å². The lowest BCUT2D eigenvalue weighted by Gasteiger charge is -2.12. The molecular weight excluding hydrogens is 404 g/mol. The molecule has 7 heteroatoms. The topological polar surface area (TPSA) is 60.5 Å². The molecule has 25 heavy (non-hydrogen) atoms. The third kappa shape index (κ3) is 3.62. The number of hydrogen-bond acceptors (Lipinski definition) is 5. The van der Waals surface area contributed by atoms with Crippen LogP contribution in [-0.4, -0.2) is 24.6 Å². The molecule has 0 bridgehead atoms. The van der Waals surface area contributed by atoms with Crippen LogP contribution in [0, 0.1) is 6.92 Å². The van der Waals surface area contributed by atoms with Crippen LogP contribution >= 0.6 is 27.3 Å². The number of amides is 1. The molecule has 0 radical (unpaired) electrons. The van der Waals surface area contributed by atoms with Crippen LogP contribution in [0.5, 0.6) is 11.5 Å². The fourth-order valence-electron chi connectivity index (χ4n) is 2.47. The minimum atomic E-state index is -0.249. The Labute approximate surface area is 158 Å². The quantitative estimate of drug-likeness (QED) is 0.628. The molecule has 0 unspecified atom stereocenters. The molecule has 0 saturated carbocycles. The van der Waals surface area contributed by atoms with Crippen molar-refractivity contribution >= 4 is 48.5 Å². The molecule has 5 nitrogen and oxygen atoms in total. The summed E-state index contributed by atoms with van der Waals surface area (Å²) in [5.74, 6) is 0.833. The Morgan fingerprint density at radius 3 is 2.84 bits per heavy atom. The maximum absolute atomic E-state index is 12.6. The fraction of sp³-hybridized carbons (Fsp3) is 0.222. The van der Waals surface area contributed by atoms with E-state index in [1.165, 1.54) is 11.3 Å². The number of halogens is 1. The highest BCUT2D eigenvalue weighted by Crippen LogP contribution is 2.37. The van der Waals surface area contributed by atoms with E-state index in [-0.39, 0.29) is 5.91 Å². The predicted molar refractivity (Wildman–Crippen MR) is 104 cm³/mol. The molecule has 0 aliphatic carbocycles. The van der Waals surface area contributed by atoms with Crippen molar-refractivity contribution in [2.45, 2.75) is 13.8 Å². The number of nitrogens with zero attached hydrogens (tertiary/aromatic N) is 1. The number of benzene rings is 2. The first kappa shape index (κ1) is 17.7. The zero-order chi connectivity index (χ0) is 18.0. The molecule has 2 aromatic carbocycles. The van der Waals surface area contributed by atoms with E-state index in [1.807, 2.05) is 32.0 Å². The lowest BCUT2D eigenvalue weighted by Crippen LogP contribution is -2.12. The van der Waals surface area contributed by atoms with E-state index >= 15 is 0 Å². The number of thiazole rings is 1. The van der Waals surface area contributed by atoms with Gasteiger partial charge in [-0.25, -0.2) is 4.98 Å². The zero-order valence-electron chi connectivity index (χ0n) is 14.1. The lowest BCUT2D eigenvalue weighted by molar-refractivity contribution is 0.102. The second kappa shape index (κ2) is 7.41. The summed E-state index contributed by atoms with van der Waals surface area (Å²) in [4.78, 5) is 17.1. The predicted octanol–water partition coefficient (Wildman–Crippen LogP) is 5.03. The normalized spacial score (nSPS) is 10.7. The van der Waals surface area contributed by atoms with Crippen LogP contribution in [0.25, 0.3) is 10.2 Å². The molecule has 0 fully saturated rings. The minimum absolute atomic E-state index is 0.249. The van der Waals surface area contributed by atoms with Gasteiger partial charge in [0.2, 0.25) is 0 Å². The summed E-state index contributed by atoms with van der Waals surface area (Å²) in [5.41, 5.74) is 2.46. The summed E-state index contributed by atoms with van der Waals surface area (Å²) in [6, 6.07) is 9.35. The van der Waals surface area contributed by atoms with E-state index < -0.39 is 0 Å². The molecule has 1 heterocycles. The first-order chi connectivity index (χ1) is 12.0. The smallest absolute Gasteiger partial charge is 0.257 e. The van der Waals surface area contributed by atoms with Crippen LogP contribution in [0.4, 0.5) is 5.13 Å². The standard InChI is InChI=1S/C18H17BrN2O3S/c1-4-24-13-9-11(8-12(19)16(13)23-3)17(22)21-18-20-15-10(2)6-5-7-14(15)25-18/h5-9H,4H2,1-3H3,(H,20,21,22). The van der Waals surface area contributed by atoms with Crippen molar-refractivity contribution in [3.05, 3.63) is 45.9 Å². The van der Waals surface area contributed by atoms with Crippen molar-refractivity contribution in [3.8, 4) is 11.5 Å². The Hall–Kier alpha value is -2.12. The zero-order valence-corrected chi connectivity index (χ0v) is 16.5. The van der Waals surface area contributed by atoms with E-state index in [2.05, 4.69) is 26.2 Å². The summed E-state index contributed by atoms with van der Waals surface area (Å²) in [7, 11) is 1.56. The molecule has 1 N–H and O–H groups in total. The maximum atomic E-state index is 12.6. The van der Waals surface area contributed by atoms with Crippen LogP contribution < -0.4 is 14.8 Å². The minimum Gasteiger partial charge on any atom is -0.492 e. The summed E-state index contributed by atoms with van der Waals surface area (Å²) in [6.07, 6.45) is 0. The largest absolute Gasteiger partial charge is 0.492 e. The number of para-hydroxylation sites is 1. The van der Waals surface area contributed by atoms with Gasteiger partial charge < -0.3 is 9.47 Å². The van der Waals surface area contributed by atoms with E-state index in [4.69, 9.17) is 9.47 Å². The van der Waals surface area contributed by atoms with Gasteiger partial charge in [0, 0.05) is 5.56 Å². The molecule has 3 rings (SSSR count). The second-order valence-corrected chi connectivity index (χ2v) is 7.20. The molecule has 0 spiro atoms. The van der Waals surface area contributed by atoms with Crippen LogP contribution in [0.2, 0.25) is 0 Å². The van der Waals surface area contributed by atoms with Crippen LogP contribution in [0.15, 0.2) is 34.8 Å². The number of anilines is 1. The number of carbonyl (C=O) groups excluding carboxylic acids is 1. The first-order valence-corrected chi connectivity index (χ1v) is 9.32. The van der Waals surface area contributed by atoms with Crippen LogP contribution in [0.1, 0.15) is 22.8 Å². The number of aryl methyl sites for hydroxylation is 1. The van der Waals surface area contributed by atoms with Gasteiger partial charge in [-0.1, -0.05) is 23.5 Å². The molecule has 0 aliphatic rings. The van der Waals surface area contributed by atoms with E-state index in [1.54, 1.807) is 19.2 Å². The first-order valence-electron chi connectivity index (χ1n) is 7.71. The molecule has 1 amide bonds. The van der Waals surface area contributed by atoms with E-state index in [0.717, 1.165) is 15.8 Å². The number of hydrogen-bond donors (Lipinski definition) is 1. The van der Waals surface area contributed by atoms with Gasteiger partial charge in [-0.2, -0.15) is 0 Å². The van der Waals surface area contributed by atoms with Crippen LogP contribution in [-0.2, 0) is 0 Å². The Morgan fingerprint density at radius 1 is 1.36 bits per heavy atom. The van der Waals surface area contributed by atoms with Crippen molar-refractivity contribution in [1.29, 1.82) is 0 Å². The number of methoxy groups -OCH3 is 1. The molecule has 130 valence electrons. The molecular formula is C18H17BrN2O3S. The molecule has 0 aliphatic heterocycles. The monoisotopic (exact) mass is 420 g/mol. The average molecular weight is 421 g/mol.